The van der Waals surface area contributed by atoms with Crippen molar-refractivity contribution in [3.63, 3.8) is 0 Å². The van der Waals surface area contributed by atoms with Gasteiger partial charge in [0.25, 0.3) is 0 Å². The molecule has 1 fully saturated rings. The van der Waals surface area contributed by atoms with Gasteiger partial charge in [-0.25, -0.2) is 0 Å². The minimum absolute atomic E-state index is 0.388. The lowest BCUT2D eigenvalue weighted by atomic mass is 10.3. The van der Waals surface area contributed by atoms with Gasteiger partial charge in [-0.3, -0.25) is 4.53 Å². The third-order valence-corrected chi connectivity index (χ3v) is 2.63. The summed E-state index contributed by atoms with van der Waals surface area (Å²) < 4.78 is -0.472. The van der Waals surface area contributed by atoms with E-state index < -0.39 is 4.53 Å². The molecule has 1 aliphatic heterocycles. The number of hydroxylamine groups is 1. The molecular formula is C4H11N2OP. The molecule has 1 rings (SSSR count). The van der Waals surface area contributed by atoms with Crippen LogP contribution in [0.4, 0.5) is 0 Å². The van der Waals surface area contributed by atoms with Crippen LogP contribution < -0.4 is 5.84 Å². The maximum atomic E-state index is 10.9. The Hall–Kier alpha value is 0.310. The summed E-state index contributed by atoms with van der Waals surface area (Å²) in [6, 6.07) is 0. The molecule has 0 aromatic heterocycles. The molecule has 3 nitrogen and oxygen atoms in total. The average molecular weight is 134 g/mol. The van der Waals surface area contributed by atoms with Crippen LogP contribution in [0.5, 0.6) is 0 Å². The molecule has 1 heterocycles. The number of nitrogens with two attached hydrogens (primary N) is 1. The molecule has 1 aliphatic rings. The first-order valence-electron chi connectivity index (χ1n) is 2.83. The Morgan fingerprint density at radius 3 is 2.50 bits per heavy atom. The molecule has 4 heteroatoms. The Kier molecular flexibility index (Phi) is 1.83. The van der Waals surface area contributed by atoms with Gasteiger partial charge in [-0.1, -0.05) is 0 Å². The second-order valence-corrected chi connectivity index (χ2v) is 3.71. The van der Waals surface area contributed by atoms with E-state index in [2.05, 4.69) is 0 Å². The Morgan fingerprint density at radius 1 is 1.50 bits per heavy atom. The first kappa shape index (κ1) is 6.43. The van der Waals surface area contributed by atoms with Gasteiger partial charge in [0.1, 0.15) is 8.73 Å². The van der Waals surface area contributed by atoms with Crippen molar-refractivity contribution in [1.82, 2.24) is 0 Å². The molecule has 48 valence electrons. The van der Waals surface area contributed by atoms with E-state index in [-0.39, 0.29) is 0 Å². The van der Waals surface area contributed by atoms with E-state index in [0.717, 1.165) is 12.6 Å². The van der Waals surface area contributed by atoms with Crippen LogP contribution in [0.1, 0.15) is 12.8 Å². The molecule has 0 aromatic carbocycles. The first-order chi connectivity index (χ1) is 3.71. The SMILES string of the molecule is N[N+]1([O-])CCCCP1. The van der Waals surface area contributed by atoms with Crippen LogP contribution in [0.2, 0.25) is 0 Å². The van der Waals surface area contributed by atoms with Gasteiger partial charge in [0.2, 0.25) is 0 Å². The second-order valence-electron chi connectivity index (χ2n) is 2.13. The van der Waals surface area contributed by atoms with Gasteiger partial charge >= 0.3 is 0 Å². The van der Waals surface area contributed by atoms with Gasteiger partial charge in [0, 0.05) is 6.16 Å². The van der Waals surface area contributed by atoms with Crippen LogP contribution in [0, 0.1) is 5.21 Å². The lowest BCUT2D eigenvalue weighted by molar-refractivity contribution is -0.764. The van der Waals surface area contributed by atoms with Gasteiger partial charge in [0.15, 0.2) is 0 Å². The van der Waals surface area contributed by atoms with Gasteiger partial charge in [-0.05, 0) is 12.8 Å². The smallest absolute Gasteiger partial charge is 0.109 e. The Bertz CT molecular complexity index is 78.1. The van der Waals surface area contributed by atoms with Crippen molar-refractivity contribution in [2.45, 2.75) is 12.8 Å². The topological polar surface area (TPSA) is 49.1 Å². The molecule has 2 N–H and O–H groups in total. The molecule has 8 heavy (non-hydrogen) atoms. The van der Waals surface area contributed by atoms with Gasteiger partial charge in [-0.15, -0.1) is 0 Å². The number of rotatable bonds is 0. The predicted molar refractivity (Wildman–Crippen MR) is 35.1 cm³/mol. The molecule has 0 amide bonds. The summed E-state index contributed by atoms with van der Waals surface area (Å²) in [6.45, 7) is 0.623. The van der Waals surface area contributed by atoms with E-state index >= 15 is 0 Å². The van der Waals surface area contributed by atoms with Crippen molar-refractivity contribution >= 4 is 8.73 Å². The molecule has 0 radical (unpaired) electrons. The number of nitrogens with zero attached hydrogens (tertiary/aromatic N) is 1. The van der Waals surface area contributed by atoms with Crippen LogP contribution in [0.3, 0.4) is 0 Å². The van der Waals surface area contributed by atoms with Crippen molar-refractivity contribution in [1.29, 1.82) is 0 Å². The van der Waals surface area contributed by atoms with Crippen LogP contribution >= 0.6 is 8.73 Å². The Labute approximate surface area is 50.8 Å². The van der Waals surface area contributed by atoms with E-state index in [4.69, 9.17) is 5.84 Å². The summed E-state index contributed by atoms with van der Waals surface area (Å²) in [5.41, 5.74) is 0. The van der Waals surface area contributed by atoms with Crippen molar-refractivity contribution in [2.75, 3.05) is 12.7 Å². The molecule has 2 atom stereocenters. The Balaban J connectivity index is 2.33. The van der Waals surface area contributed by atoms with E-state index in [9.17, 15) is 5.21 Å². The normalized spacial score (nSPS) is 42.8. The highest BCUT2D eigenvalue weighted by Crippen LogP contribution is 2.28. The molecule has 0 aliphatic carbocycles. The molecule has 0 bridgehead atoms. The number of hydrogen-bond donors (Lipinski definition) is 1. The molecule has 0 saturated carbocycles. The third kappa shape index (κ3) is 1.67. The molecule has 0 spiro atoms. The van der Waals surface area contributed by atoms with Crippen LogP contribution in [-0.2, 0) is 0 Å². The third-order valence-electron chi connectivity index (χ3n) is 1.30. The van der Waals surface area contributed by atoms with E-state index in [0.29, 0.717) is 15.3 Å². The summed E-state index contributed by atoms with van der Waals surface area (Å²) in [4.78, 5) is 0. The van der Waals surface area contributed by atoms with Gasteiger partial charge < -0.3 is 5.21 Å². The fourth-order valence-electron chi connectivity index (χ4n) is 0.819. The summed E-state index contributed by atoms with van der Waals surface area (Å²) in [5, 5.41) is 10.9. The fourth-order valence-corrected chi connectivity index (χ4v) is 1.92. The summed E-state index contributed by atoms with van der Waals surface area (Å²) in [5.74, 6) is 5.27. The molecule has 2 unspecified atom stereocenters. The van der Waals surface area contributed by atoms with Crippen LogP contribution in [-0.4, -0.2) is 17.2 Å². The summed E-state index contributed by atoms with van der Waals surface area (Å²) in [7, 11) is 0.388. The van der Waals surface area contributed by atoms with Crippen molar-refractivity contribution in [2.24, 2.45) is 5.84 Å². The minimum Gasteiger partial charge on any atom is -0.611 e. The zero-order valence-electron chi connectivity index (χ0n) is 4.76. The minimum atomic E-state index is -0.472. The predicted octanol–water partition coefficient (Wildman–Crippen LogP) is 0.562. The van der Waals surface area contributed by atoms with Crippen molar-refractivity contribution in [3.05, 3.63) is 5.21 Å². The highest BCUT2D eigenvalue weighted by Gasteiger charge is 2.15. The maximum Gasteiger partial charge on any atom is 0.109 e. The highest BCUT2D eigenvalue weighted by atomic mass is 31.1. The number of hydrogen-bond acceptors (Lipinski definition) is 2. The summed E-state index contributed by atoms with van der Waals surface area (Å²) in [6.07, 6.45) is 3.23. The zero-order chi connectivity index (χ0) is 6.04. The molecular weight excluding hydrogens is 123 g/mol. The lowest BCUT2D eigenvalue weighted by Gasteiger charge is -2.38. The van der Waals surface area contributed by atoms with Gasteiger partial charge in [-0.2, -0.15) is 5.84 Å². The fraction of sp³-hybridized carbons (Fsp3) is 1.00. The first-order valence-corrected chi connectivity index (χ1v) is 3.99. The van der Waals surface area contributed by atoms with E-state index in [1.54, 1.807) is 0 Å². The van der Waals surface area contributed by atoms with E-state index in [1.807, 2.05) is 0 Å². The van der Waals surface area contributed by atoms with Crippen LogP contribution in [0.15, 0.2) is 0 Å². The summed E-state index contributed by atoms with van der Waals surface area (Å²) >= 11 is 0. The molecule has 0 aromatic rings. The zero-order valence-corrected chi connectivity index (χ0v) is 5.76. The molecule has 1 saturated heterocycles. The number of quaternary nitrogens is 1. The quantitative estimate of drug-likeness (QED) is 0.299. The highest BCUT2D eigenvalue weighted by molar-refractivity contribution is 7.31. The standard InChI is InChI=1S/C4H11N2OP/c5-6(7)3-1-2-4-8-6/h8H,1-5H2. The van der Waals surface area contributed by atoms with Gasteiger partial charge in [0.05, 0.1) is 6.54 Å². The monoisotopic (exact) mass is 134 g/mol. The van der Waals surface area contributed by atoms with E-state index in [1.165, 1.54) is 6.42 Å². The average Bonchev–Trinajstić information content (AvgIpc) is 1.65. The second kappa shape index (κ2) is 2.28. The maximum absolute atomic E-state index is 10.9. The van der Waals surface area contributed by atoms with Crippen molar-refractivity contribution in [3.8, 4) is 0 Å². The van der Waals surface area contributed by atoms with Crippen molar-refractivity contribution < 1.29 is 4.53 Å². The Morgan fingerprint density at radius 2 is 2.25 bits per heavy atom. The largest absolute Gasteiger partial charge is 0.611 e. The lowest BCUT2D eigenvalue weighted by Crippen LogP contribution is -2.43. The van der Waals surface area contributed by atoms with Crippen LogP contribution in [0.25, 0.3) is 0 Å².